The maximum atomic E-state index is 12.7. The number of fused-ring (bicyclic) bond motifs is 1. The number of amides is 2. The van der Waals surface area contributed by atoms with E-state index >= 15 is 0 Å². The molecule has 5 rings (SSSR count). The van der Waals surface area contributed by atoms with Gasteiger partial charge in [0, 0.05) is 5.69 Å². The number of nitrogens with zero attached hydrogens (tertiary/aromatic N) is 4. The quantitative estimate of drug-likeness (QED) is 0.206. The molecule has 0 aliphatic rings. The van der Waals surface area contributed by atoms with Crippen molar-refractivity contribution in [2.75, 3.05) is 24.3 Å². The topological polar surface area (TPSA) is 120 Å². The molecule has 0 atom stereocenters. The highest BCUT2D eigenvalue weighted by Gasteiger charge is 2.18. The third-order valence-electron chi connectivity index (χ3n) is 5.54. The first kappa shape index (κ1) is 27.2. The summed E-state index contributed by atoms with van der Waals surface area (Å²) in [4.78, 5) is 29.6. The van der Waals surface area contributed by atoms with Gasteiger partial charge in [-0.1, -0.05) is 53.4 Å². The Morgan fingerprint density at radius 1 is 0.900 bits per heavy atom. The van der Waals surface area contributed by atoms with Crippen molar-refractivity contribution in [3.63, 3.8) is 0 Å². The number of anilines is 1. The summed E-state index contributed by atoms with van der Waals surface area (Å²) < 4.78 is 13.9. The van der Waals surface area contributed by atoms with Crippen molar-refractivity contribution in [3.05, 3.63) is 84.7 Å². The number of rotatable bonds is 12. The Morgan fingerprint density at radius 3 is 2.42 bits per heavy atom. The normalized spacial score (nSPS) is 10.8. The molecular formula is C28H26N6O4S2. The summed E-state index contributed by atoms with van der Waals surface area (Å²) >= 11 is 2.66. The van der Waals surface area contributed by atoms with E-state index in [1.54, 1.807) is 12.1 Å². The number of thiazole rings is 1. The summed E-state index contributed by atoms with van der Waals surface area (Å²) in [6.45, 7) is 2.47. The van der Waals surface area contributed by atoms with Crippen molar-refractivity contribution >= 4 is 50.3 Å². The first-order chi connectivity index (χ1) is 19.6. The molecule has 0 saturated carbocycles. The average Bonchev–Trinajstić information content (AvgIpc) is 3.58. The number of carbonyl (C=O) groups excluding carboxylic acids is 2. The fourth-order valence-corrected chi connectivity index (χ4v) is 5.38. The molecule has 2 heterocycles. The van der Waals surface area contributed by atoms with Crippen molar-refractivity contribution < 1.29 is 19.1 Å². The van der Waals surface area contributed by atoms with Crippen molar-refractivity contribution in [1.82, 2.24) is 25.1 Å². The summed E-state index contributed by atoms with van der Waals surface area (Å²) in [7, 11) is 0. The SMILES string of the molecule is CCOc1ccc(-n2c(CNC(=O)COc3ccccc3)nnc2SCC(=O)Nc2nc3ccccc3s2)cc1. The van der Waals surface area contributed by atoms with Gasteiger partial charge >= 0.3 is 0 Å². The van der Waals surface area contributed by atoms with Crippen LogP contribution in [0.1, 0.15) is 12.7 Å². The lowest BCUT2D eigenvalue weighted by Crippen LogP contribution is -2.29. The second-order valence-electron chi connectivity index (χ2n) is 8.36. The number of para-hydroxylation sites is 2. The van der Waals surface area contributed by atoms with Crippen molar-refractivity contribution in [1.29, 1.82) is 0 Å². The number of benzene rings is 3. The number of hydrogen-bond acceptors (Lipinski definition) is 9. The van der Waals surface area contributed by atoms with E-state index in [1.807, 2.05) is 78.2 Å². The van der Waals surface area contributed by atoms with E-state index in [-0.39, 0.29) is 30.7 Å². The maximum Gasteiger partial charge on any atom is 0.258 e. The summed E-state index contributed by atoms with van der Waals surface area (Å²) in [6, 6.07) is 24.3. The largest absolute Gasteiger partial charge is 0.494 e. The van der Waals surface area contributed by atoms with E-state index in [4.69, 9.17) is 9.47 Å². The van der Waals surface area contributed by atoms with E-state index in [0.717, 1.165) is 21.7 Å². The van der Waals surface area contributed by atoms with Crippen LogP contribution >= 0.6 is 23.1 Å². The third kappa shape index (κ3) is 6.96. The molecule has 2 aromatic heterocycles. The summed E-state index contributed by atoms with van der Waals surface area (Å²) in [5.41, 5.74) is 1.61. The zero-order chi connectivity index (χ0) is 27.7. The first-order valence-electron chi connectivity index (χ1n) is 12.5. The zero-order valence-electron chi connectivity index (χ0n) is 21.6. The van der Waals surface area contributed by atoms with Crippen LogP contribution in [0.5, 0.6) is 11.5 Å². The number of ether oxygens (including phenoxy) is 2. The lowest BCUT2D eigenvalue weighted by molar-refractivity contribution is -0.123. The Kier molecular flexibility index (Phi) is 8.89. The molecule has 2 amide bonds. The predicted molar refractivity (Wildman–Crippen MR) is 155 cm³/mol. The van der Waals surface area contributed by atoms with Crippen LogP contribution in [-0.2, 0) is 16.1 Å². The van der Waals surface area contributed by atoms with Gasteiger partial charge in [0.05, 0.1) is 29.1 Å². The van der Waals surface area contributed by atoms with Gasteiger partial charge in [0.2, 0.25) is 5.91 Å². The molecule has 204 valence electrons. The zero-order valence-corrected chi connectivity index (χ0v) is 23.2. The smallest absolute Gasteiger partial charge is 0.258 e. The maximum absolute atomic E-state index is 12.7. The molecule has 0 unspecified atom stereocenters. The Labute approximate surface area is 238 Å². The van der Waals surface area contributed by atoms with E-state index in [9.17, 15) is 9.59 Å². The minimum Gasteiger partial charge on any atom is -0.494 e. The minimum atomic E-state index is -0.297. The third-order valence-corrected chi connectivity index (χ3v) is 7.42. The summed E-state index contributed by atoms with van der Waals surface area (Å²) in [5.74, 6) is 1.44. The highest BCUT2D eigenvalue weighted by Crippen LogP contribution is 2.27. The number of nitrogens with one attached hydrogen (secondary N) is 2. The number of thioether (sulfide) groups is 1. The van der Waals surface area contributed by atoms with Crippen LogP contribution in [0.25, 0.3) is 15.9 Å². The second-order valence-corrected chi connectivity index (χ2v) is 10.3. The van der Waals surface area contributed by atoms with Crippen molar-refractivity contribution in [2.45, 2.75) is 18.6 Å². The molecule has 0 aliphatic carbocycles. The molecule has 0 aliphatic heterocycles. The monoisotopic (exact) mass is 574 g/mol. The fourth-order valence-electron chi connectivity index (χ4n) is 3.73. The fraction of sp³-hybridized carbons (Fsp3) is 0.179. The van der Waals surface area contributed by atoms with Crippen LogP contribution < -0.4 is 20.1 Å². The highest BCUT2D eigenvalue weighted by atomic mass is 32.2. The number of aromatic nitrogens is 4. The van der Waals surface area contributed by atoms with Crippen LogP contribution in [-0.4, -0.2) is 50.5 Å². The molecule has 0 saturated heterocycles. The minimum absolute atomic E-state index is 0.0996. The van der Waals surface area contributed by atoms with Gasteiger partial charge in [-0.25, -0.2) is 4.98 Å². The molecule has 0 spiro atoms. The predicted octanol–water partition coefficient (Wildman–Crippen LogP) is 4.70. The molecule has 2 N–H and O–H groups in total. The van der Waals surface area contributed by atoms with Gasteiger partial charge in [0.25, 0.3) is 5.91 Å². The molecule has 5 aromatic rings. The van der Waals surface area contributed by atoms with E-state index in [1.165, 1.54) is 23.1 Å². The Morgan fingerprint density at radius 2 is 1.65 bits per heavy atom. The second kappa shape index (κ2) is 13.1. The molecule has 10 nitrogen and oxygen atoms in total. The van der Waals surface area contributed by atoms with Crippen LogP contribution in [0.4, 0.5) is 5.13 Å². The van der Waals surface area contributed by atoms with Gasteiger partial charge in [-0.05, 0) is 55.5 Å². The Balaban J connectivity index is 1.26. The van der Waals surface area contributed by atoms with Crippen LogP contribution in [0.15, 0.2) is 84.0 Å². The van der Waals surface area contributed by atoms with Crippen molar-refractivity contribution in [2.24, 2.45) is 0 Å². The standard InChI is InChI=1S/C28H26N6O4S2/c1-2-37-21-14-12-19(13-15-21)34-24(16-29-25(35)17-38-20-8-4-3-5-9-20)32-33-28(34)39-18-26(36)31-27-30-22-10-6-7-11-23(22)40-27/h3-15H,2,16-18H2,1H3,(H,29,35)(H,30,31,36). The van der Waals surface area contributed by atoms with Gasteiger partial charge in [0.1, 0.15) is 11.5 Å². The summed E-state index contributed by atoms with van der Waals surface area (Å²) in [5, 5.41) is 15.3. The molecule has 3 aromatic carbocycles. The molecule has 0 bridgehead atoms. The number of carbonyl (C=O) groups is 2. The van der Waals surface area contributed by atoms with E-state index in [0.29, 0.717) is 28.5 Å². The molecule has 12 heteroatoms. The Hall–Kier alpha value is -4.42. The van der Waals surface area contributed by atoms with Crippen LogP contribution in [0.3, 0.4) is 0 Å². The van der Waals surface area contributed by atoms with Gasteiger partial charge in [-0.2, -0.15) is 0 Å². The number of hydrogen-bond donors (Lipinski definition) is 2. The molecule has 0 radical (unpaired) electrons. The van der Waals surface area contributed by atoms with E-state index < -0.39 is 0 Å². The van der Waals surface area contributed by atoms with Gasteiger partial charge in [0.15, 0.2) is 22.7 Å². The first-order valence-corrected chi connectivity index (χ1v) is 14.3. The average molecular weight is 575 g/mol. The Bertz CT molecular complexity index is 1550. The van der Waals surface area contributed by atoms with Gasteiger partial charge in [-0.15, -0.1) is 10.2 Å². The lowest BCUT2D eigenvalue weighted by atomic mass is 10.3. The van der Waals surface area contributed by atoms with Gasteiger partial charge in [-0.3, -0.25) is 14.2 Å². The molecular weight excluding hydrogens is 548 g/mol. The molecule has 0 fully saturated rings. The highest BCUT2D eigenvalue weighted by molar-refractivity contribution is 7.99. The van der Waals surface area contributed by atoms with Crippen LogP contribution in [0.2, 0.25) is 0 Å². The van der Waals surface area contributed by atoms with Gasteiger partial charge < -0.3 is 20.1 Å². The van der Waals surface area contributed by atoms with Crippen LogP contribution in [0, 0.1) is 0 Å². The lowest BCUT2D eigenvalue weighted by Gasteiger charge is -2.12. The van der Waals surface area contributed by atoms with E-state index in [2.05, 4.69) is 25.8 Å². The van der Waals surface area contributed by atoms with Crippen molar-refractivity contribution in [3.8, 4) is 17.2 Å². The summed E-state index contributed by atoms with van der Waals surface area (Å²) in [6.07, 6.45) is 0. The molecule has 40 heavy (non-hydrogen) atoms.